The molecular formula is C21H34O4. The molecule has 0 aliphatic heterocycles. The van der Waals surface area contributed by atoms with E-state index in [2.05, 4.69) is 13.8 Å². The van der Waals surface area contributed by atoms with Gasteiger partial charge in [0.15, 0.2) is 5.78 Å². The van der Waals surface area contributed by atoms with Crippen molar-refractivity contribution in [3.63, 3.8) is 0 Å². The lowest BCUT2D eigenvalue weighted by atomic mass is 9.44. The second-order valence-corrected chi connectivity index (χ2v) is 10.0. The van der Waals surface area contributed by atoms with E-state index in [-0.39, 0.29) is 17.3 Å². The Balaban J connectivity index is 1.63. The number of rotatable bonds is 2. The zero-order chi connectivity index (χ0) is 18.0. The highest BCUT2D eigenvalue weighted by molar-refractivity contribution is 5.89. The van der Waals surface area contributed by atoms with Crippen LogP contribution in [0.3, 0.4) is 0 Å². The first-order chi connectivity index (χ1) is 11.8. The molecule has 3 unspecified atom stereocenters. The molecule has 4 aliphatic rings. The van der Waals surface area contributed by atoms with Gasteiger partial charge in [-0.1, -0.05) is 13.8 Å². The van der Waals surface area contributed by atoms with Crippen molar-refractivity contribution in [3.8, 4) is 0 Å². The monoisotopic (exact) mass is 350 g/mol. The highest BCUT2D eigenvalue weighted by Gasteiger charge is 2.66. The van der Waals surface area contributed by atoms with Crippen molar-refractivity contribution in [1.82, 2.24) is 0 Å². The molecule has 0 aromatic rings. The number of Topliss-reactive ketones (excluding diaryl/α,β-unsaturated/α-hetero) is 1. The van der Waals surface area contributed by atoms with Gasteiger partial charge in [0.05, 0.1) is 6.10 Å². The number of hydrogen-bond acceptors (Lipinski definition) is 4. The fourth-order valence-corrected chi connectivity index (χ4v) is 7.84. The maximum absolute atomic E-state index is 12.4. The average molecular weight is 350 g/mol. The Kier molecular flexibility index (Phi) is 4.14. The molecule has 0 radical (unpaired) electrons. The summed E-state index contributed by atoms with van der Waals surface area (Å²) in [6.45, 7) is 4.00. The van der Waals surface area contributed by atoms with Gasteiger partial charge in [-0.15, -0.1) is 0 Å². The number of fused-ring (bicyclic) bond motifs is 5. The highest BCUT2D eigenvalue weighted by atomic mass is 16.3. The highest BCUT2D eigenvalue weighted by Crippen LogP contribution is 2.68. The number of carbonyl (C=O) groups excluding carboxylic acids is 1. The van der Waals surface area contributed by atoms with Crippen LogP contribution in [0.15, 0.2) is 0 Å². The Hall–Kier alpha value is -0.450. The van der Waals surface area contributed by atoms with E-state index in [9.17, 15) is 20.1 Å². The van der Waals surface area contributed by atoms with Crippen LogP contribution in [0, 0.1) is 34.5 Å². The van der Waals surface area contributed by atoms with Crippen LogP contribution in [0.1, 0.15) is 71.6 Å². The van der Waals surface area contributed by atoms with Gasteiger partial charge in [0.25, 0.3) is 0 Å². The second-order valence-electron chi connectivity index (χ2n) is 10.0. The molecule has 4 saturated carbocycles. The summed E-state index contributed by atoms with van der Waals surface area (Å²) in [5.74, 6) is 1.87. The van der Waals surface area contributed by atoms with Crippen molar-refractivity contribution in [2.75, 3.05) is 6.61 Å². The van der Waals surface area contributed by atoms with Crippen molar-refractivity contribution < 1.29 is 20.1 Å². The standard InChI is InChI=1S/C21H34O4/c1-19-8-5-14(23)11-13(19)3-4-15-16(19)6-9-20(2)17(15)7-10-21(20,25)18(24)12-22/h13-17,22-23,25H,3-12H2,1-2H3/t13-,14-,15?,16?,17?,19+,20+,21+/m1/s1. The molecule has 0 bridgehead atoms. The minimum absolute atomic E-state index is 0.123. The predicted octanol–water partition coefficient (Wildman–Crippen LogP) is 2.68. The molecule has 0 saturated heterocycles. The Morgan fingerprint density at radius 1 is 1.00 bits per heavy atom. The summed E-state index contributed by atoms with van der Waals surface area (Å²) in [5, 5.41) is 30.7. The third-order valence-corrected chi connectivity index (χ3v) is 9.39. The van der Waals surface area contributed by atoms with Crippen molar-refractivity contribution >= 4 is 5.78 Å². The Bertz CT molecular complexity index is 562. The maximum atomic E-state index is 12.4. The fraction of sp³-hybridized carbons (Fsp3) is 0.952. The van der Waals surface area contributed by atoms with Crippen molar-refractivity contribution in [2.24, 2.45) is 34.5 Å². The molecule has 0 aromatic carbocycles. The Morgan fingerprint density at radius 3 is 2.44 bits per heavy atom. The van der Waals surface area contributed by atoms with Gasteiger partial charge in [-0.3, -0.25) is 4.79 Å². The Morgan fingerprint density at radius 2 is 1.72 bits per heavy atom. The van der Waals surface area contributed by atoms with Crippen LogP contribution in [-0.2, 0) is 4.79 Å². The van der Waals surface area contributed by atoms with E-state index in [1.807, 2.05) is 0 Å². The minimum atomic E-state index is -1.34. The predicted molar refractivity (Wildman–Crippen MR) is 94.8 cm³/mol. The van der Waals surface area contributed by atoms with Gasteiger partial charge in [0.1, 0.15) is 12.2 Å². The zero-order valence-electron chi connectivity index (χ0n) is 15.7. The van der Waals surface area contributed by atoms with Gasteiger partial charge in [-0.25, -0.2) is 0 Å². The Labute approximate surface area is 151 Å². The van der Waals surface area contributed by atoms with E-state index in [1.54, 1.807) is 0 Å². The second kappa shape index (κ2) is 5.77. The van der Waals surface area contributed by atoms with E-state index >= 15 is 0 Å². The van der Waals surface area contributed by atoms with Crippen LogP contribution in [0.4, 0.5) is 0 Å². The lowest BCUT2D eigenvalue weighted by Crippen LogP contribution is -2.59. The third-order valence-electron chi connectivity index (χ3n) is 9.39. The van der Waals surface area contributed by atoms with E-state index in [0.717, 1.165) is 38.5 Å². The fourth-order valence-electron chi connectivity index (χ4n) is 7.84. The molecule has 0 heterocycles. The van der Waals surface area contributed by atoms with Crippen molar-refractivity contribution in [2.45, 2.75) is 83.3 Å². The lowest BCUT2D eigenvalue weighted by Gasteiger charge is -2.61. The number of aliphatic hydroxyl groups is 3. The molecule has 25 heavy (non-hydrogen) atoms. The summed E-state index contributed by atoms with van der Waals surface area (Å²) in [4.78, 5) is 12.4. The summed E-state index contributed by atoms with van der Waals surface area (Å²) in [5.41, 5.74) is -1.41. The molecule has 4 fully saturated rings. The number of aliphatic hydroxyl groups excluding tert-OH is 2. The van der Waals surface area contributed by atoms with E-state index < -0.39 is 12.2 Å². The number of hydrogen-bond donors (Lipinski definition) is 3. The largest absolute Gasteiger partial charge is 0.393 e. The lowest BCUT2D eigenvalue weighted by molar-refractivity contribution is -0.174. The van der Waals surface area contributed by atoms with Gasteiger partial charge in [-0.2, -0.15) is 0 Å². The first-order valence-electron chi connectivity index (χ1n) is 10.3. The molecule has 0 spiro atoms. The topological polar surface area (TPSA) is 77.8 Å². The van der Waals surface area contributed by atoms with Crippen LogP contribution >= 0.6 is 0 Å². The van der Waals surface area contributed by atoms with Crippen LogP contribution in [0.2, 0.25) is 0 Å². The van der Waals surface area contributed by atoms with Gasteiger partial charge in [-0.05, 0) is 86.9 Å². The van der Waals surface area contributed by atoms with E-state index in [0.29, 0.717) is 35.5 Å². The van der Waals surface area contributed by atoms with Gasteiger partial charge >= 0.3 is 0 Å². The molecule has 4 aliphatic carbocycles. The molecule has 8 atom stereocenters. The first kappa shape index (κ1) is 17.9. The molecule has 3 N–H and O–H groups in total. The molecule has 4 rings (SSSR count). The third kappa shape index (κ3) is 2.26. The summed E-state index contributed by atoms with van der Waals surface area (Å²) in [6.07, 6.45) is 8.58. The van der Waals surface area contributed by atoms with Gasteiger partial charge < -0.3 is 15.3 Å². The average Bonchev–Trinajstić information content (AvgIpc) is 2.87. The normalized spacial score (nSPS) is 55.2. The summed E-state index contributed by atoms with van der Waals surface area (Å²) >= 11 is 0. The quantitative estimate of drug-likeness (QED) is 0.715. The molecule has 4 nitrogen and oxygen atoms in total. The van der Waals surface area contributed by atoms with Crippen LogP contribution < -0.4 is 0 Å². The summed E-state index contributed by atoms with van der Waals surface area (Å²) < 4.78 is 0. The van der Waals surface area contributed by atoms with Gasteiger partial charge in [0.2, 0.25) is 0 Å². The smallest absolute Gasteiger partial charge is 0.190 e. The first-order valence-corrected chi connectivity index (χ1v) is 10.3. The zero-order valence-corrected chi connectivity index (χ0v) is 15.7. The molecule has 0 aromatic heterocycles. The van der Waals surface area contributed by atoms with E-state index in [1.165, 1.54) is 12.8 Å². The van der Waals surface area contributed by atoms with Crippen LogP contribution in [0.5, 0.6) is 0 Å². The van der Waals surface area contributed by atoms with Crippen LogP contribution in [0.25, 0.3) is 0 Å². The van der Waals surface area contributed by atoms with Crippen molar-refractivity contribution in [3.05, 3.63) is 0 Å². The number of ketones is 1. The molecule has 0 amide bonds. The SMILES string of the molecule is C[C@]12CCC3C(CC[C@@H]4C[C@H](O)CC[C@]34C)C1CC[C@]2(O)C(=O)CO. The van der Waals surface area contributed by atoms with Crippen molar-refractivity contribution in [1.29, 1.82) is 0 Å². The summed E-state index contributed by atoms with van der Waals surface area (Å²) in [6, 6.07) is 0. The minimum Gasteiger partial charge on any atom is -0.393 e. The van der Waals surface area contributed by atoms with Crippen LogP contribution in [-0.4, -0.2) is 39.4 Å². The summed E-state index contributed by atoms with van der Waals surface area (Å²) in [7, 11) is 0. The van der Waals surface area contributed by atoms with E-state index in [4.69, 9.17) is 0 Å². The molecular weight excluding hydrogens is 316 g/mol. The maximum Gasteiger partial charge on any atom is 0.190 e. The molecule has 142 valence electrons. The number of carbonyl (C=O) groups is 1. The molecule has 4 heteroatoms. The van der Waals surface area contributed by atoms with Gasteiger partial charge in [0, 0.05) is 5.41 Å².